The molecule has 1 heterocycles. The molecule has 2 nitrogen and oxygen atoms in total. The first-order valence-corrected chi connectivity index (χ1v) is 7.62. The van der Waals surface area contributed by atoms with Crippen LogP contribution in [0, 0.1) is 0 Å². The van der Waals surface area contributed by atoms with Crippen molar-refractivity contribution in [1.29, 1.82) is 0 Å². The van der Waals surface area contributed by atoms with Crippen LogP contribution in [0.25, 0.3) is 10.9 Å². The van der Waals surface area contributed by atoms with Gasteiger partial charge in [-0.25, -0.2) is 0 Å². The molecule has 0 fully saturated rings. The summed E-state index contributed by atoms with van der Waals surface area (Å²) in [4.78, 5) is 3.32. The predicted molar refractivity (Wildman–Crippen MR) is 98.2 cm³/mol. The van der Waals surface area contributed by atoms with Gasteiger partial charge in [-0.3, -0.25) is 0 Å². The molecule has 110 valence electrons. The summed E-state index contributed by atoms with van der Waals surface area (Å²) in [5.74, 6) is 0. The van der Waals surface area contributed by atoms with Crippen molar-refractivity contribution in [2.45, 2.75) is 13.0 Å². The molecule has 0 radical (unpaired) electrons. The van der Waals surface area contributed by atoms with Crippen molar-refractivity contribution >= 4 is 43.8 Å². The van der Waals surface area contributed by atoms with Gasteiger partial charge in [-0.05, 0) is 42.3 Å². The van der Waals surface area contributed by atoms with Crippen LogP contribution in [0.1, 0.15) is 11.1 Å². The summed E-state index contributed by atoms with van der Waals surface area (Å²) in [7, 11) is 0. The fourth-order valence-corrected chi connectivity index (χ4v) is 2.89. The van der Waals surface area contributed by atoms with Gasteiger partial charge >= 0.3 is 0 Å². The number of fused-ring (bicyclic) bond motifs is 1. The Morgan fingerprint density at radius 2 is 1.90 bits per heavy atom. The van der Waals surface area contributed by atoms with Gasteiger partial charge in [0, 0.05) is 28.1 Å². The highest BCUT2D eigenvalue weighted by atomic mass is 79.9. The van der Waals surface area contributed by atoms with E-state index in [0.29, 0.717) is 0 Å². The van der Waals surface area contributed by atoms with Crippen molar-refractivity contribution in [3.63, 3.8) is 0 Å². The van der Waals surface area contributed by atoms with E-state index >= 15 is 0 Å². The lowest BCUT2D eigenvalue weighted by Crippen LogP contribution is -2.16. The van der Waals surface area contributed by atoms with Crippen LogP contribution < -0.4 is 5.32 Å². The number of halogens is 2. The van der Waals surface area contributed by atoms with Crippen LogP contribution in [-0.2, 0) is 13.0 Å². The topological polar surface area (TPSA) is 27.8 Å². The molecule has 4 heteroatoms. The smallest absolute Gasteiger partial charge is 0.0456 e. The molecule has 3 rings (SSSR count). The molecule has 21 heavy (non-hydrogen) atoms. The molecule has 1 aromatic heterocycles. The number of hydrogen-bond donors (Lipinski definition) is 2. The van der Waals surface area contributed by atoms with Gasteiger partial charge in [-0.15, -0.1) is 17.0 Å². The summed E-state index contributed by atoms with van der Waals surface area (Å²) >= 11 is 3.50. The van der Waals surface area contributed by atoms with Gasteiger partial charge in [0.15, 0.2) is 0 Å². The van der Waals surface area contributed by atoms with E-state index in [1.54, 1.807) is 0 Å². The monoisotopic (exact) mass is 408 g/mol. The van der Waals surface area contributed by atoms with E-state index in [4.69, 9.17) is 0 Å². The number of H-pyrrole nitrogens is 1. The number of benzene rings is 2. The minimum absolute atomic E-state index is 0. The molecule has 2 aromatic carbocycles. The zero-order valence-corrected chi connectivity index (χ0v) is 14.9. The van der Waals surface area contributed by atoms with E-state index < -0.39 is 0 Å². The zero-order chi connectivity index (χ0) is 13.8. The molecule has 2 N–H and O–H groups in total. The zero-order valence-electron chi connectivity index (χ0n) is 11.6. The first kappa shape index (κ1) is 16.3. The molecule has 0 aliphatic carbocycles. The summed E-state index contributed by atoms with van der Waals surface area (Å²) in [5, 5.41) is 4.83. The van der Waals surface area contributed by atoms with E-state index in [2.05, 4.69) is 81.0 Å². The van der Waals surface area contributed by atoms with Gasteiger partial charge in [0.1, 0.15) is 0 Å². The van der Waals surface area contributed by atoms with E-state index in [9.17, 15) is 0 Å². The predicted octanol–water partition coefficient (Wildman–Crippen LogP) is 4.84. The van der Waals surface area contributed by atoms with Gasteiger partial charge < -0.3 is 10.3 Å². The van der Waals surface area contributed by atoms with Crippen molar-refractivity contribution in [2.24, 2.45) is 0 Å². The SMILES string of the molecule is Br.Brc1cccc(CNCCc2c[nH]c3ccccc23)c1. The van der Waals surface area contributed by atoms with Crippen LogP contribution in [0.3, 0.4) is 0 Å². The molecule has 0 saturated carbocycles. The van der Waals surface area contributed by atoms with Crippen LogP contribution in [0.5, 0.6) is 0 Å². The van der Waals surface area contributed by atoms with Crippen LogP contribution in [0.2, 0.25) is 0 Å². The first-order valence-electron chi connectivity index (χ1n) is 6.83. The van der Waals surface area contributed by atoms with Crippen molar-refractivity contribution in [3.8, 4) is 0 Å². The minimum Gasteiger partial charge on any atom is -0.361 e. The maximum Gasteiger partial charge on any atom is 0.0456 e. The lowest BCUT2D eigenvalue weighted by atomic mass is 10.1. The van der Waals surface area contributed by atoms with Crippen LogP contribution >= 0.6 is 32.9 Å². The average Bonchev–Trinajstić information content (AvgIpc) is 2.87. The van der Waals surface area contributed by atoms with E-state index in [0.717, 1.165) is 24.0 Å². The summed E-state index contributed by atoms with van der Waals surface area (Å²) in [6.07, 6.45) is 3.16. The molecule has 3 aromatic rings. The summed E-state index contributed by atoms with van der Waals surface area (Å²) < 4.78 is 1.13. The molecule has 0 aliphatic rings. The lowest BCUT2D eigenvalue weighted by Gasteiger charge is -2.05. The molecule has 0 unspecified atom stereocenters. The standard InChI is InChI=1S/C17H17BrN2.BrH/c18-15-5-3-4-13(10-15)11-19-9-8-14-12-20-17-7-2-1-6-16(14)17;/h1-7,10,12,19-20H,8-9,11H2;1H. The van der Waals surface area contributed by atoms with Crippen LogP contribution in [0.4, 0.5) is 0 Å². The maximum atomic E-state index is 3.50. The number of hydrogen-bond acceptors (Lipinski definition) is 1. The minimum atomic E-state index is 0. The van der Waals surface area contributed by atoms with Crippen molar-refractivity contribution in [1.82, 2.24) is 10.3 Å². The highest BCUT2D eigenvalue weighted by Gasteiger charge is 2.02. The van der Waals surface area contributed by atoms with Crippen LogP contribution in [-0.4, -0.2) is 11.5 Å². The highest BCUT2D eigenvalue weighted by Crippen LogP contribution is 2.17. The lowest BCUT2D eigenvalue weighted by molar-refractivity contribution is 0.688. The fraction of sp³-hybridized carbons (Fsp3) is 0.176. The van der Waals surface area contributed by atoms with Gasteiger partial charge in [0.2, 0.25) is 0 Å². The highest BCUT2D eigenvalue weighted by molar-refractivity contribution is 9.10. The molecule has 0 amide bonds. The van der Waals surface area contributed by atoms with Gasteiger partial charge in [-0.2, -0.15) is 0 Å². The molecule has 0 atom stereocenters. The molecule has 0 aliphatic heterocycles. The quantitative estimate of drug-likeness (QED) is 0.579. The number of aromatic nitrogens is 1. The molecular formula is C17H18Br2N2. The summed E-state index contributed by atoms with van der Waals surface area (Å²) in [5.41, 5.74) is 3.90. The van der Waals surface area contributed by atoms with Crippen molar-refractivity contribution in [3.05, 3.63) is 70.3 Å². The number of para-hydroxylation sites is 1. The van der Waals surface area contributed by atoms with Crippen LogP contribution in [0.15, 0.2) is 59.2 Å². The van der Waals surface area contributed by atoms with E-state index in [-0.39, 0.29) is 17.0 Å². The van der Waals surface area contributed by atoms with Gasteiger partial charge in [0.25, 0.3) is 0 Å². The normalized spacial score (nSPS) is 10.5. The second-order valence-electron chi connectivity index (χ2n) is 4.92. The number of nitrogens with one attached hydrogen (secondary N) is 2. The number of aromatic amines is 1. The molecular weight excluding hydrogens is 392 g/mol. The molecule has 0 spiro atoms. The molecule has 0 saturated heterocycles. The Bertz CT molecular complexity index is 707. The third kappa shape index (κ3) is 4.19. The average molecular weight is 410 g/mol. The number of rotatable bonds is 5. The van der Waals surface area contributed by atoms with Crippen molar-refractivity contribution in [2.75, 3.05) is 6.54 Å². The Kier molecular flexibility index (Phi) is 6.03. The molecule has 0 bridgehead atoms. The summed E-state index contributed by atoms with van der Waals surface area (Å²) in [6.45, 7) is 1.89. The Morgan fingerprint density at radius 1 is 1.05 bits per heavy atom. The van der Waals surface area contributed by atoms with E-state index in [1.807, 2.05) is 0 Å². The third-order valence-corrected chi connectivity index (χ3v) is 3.96. The van der Waals surface area contributed by atoms with E-state index in [1.165, 1.54) is 22.0 Å². The Hall–Kier alpha value is -1.10. The largest absolute Gasteiger partial charge is 0.361 e. The summed E-state index contributed by atoms with van der Waals surface area (Å²) in [6, 6.07) is 16.9. The van der Waals surface area contributed by atoms with Gasteiger partial charge in [0.05, 0.1) is 0 Å². The second-order valence-corrected chi connectivity index (χ2v) is 5.83. The van der Waals surface area contributed by atoms with Crippen molar-refractivity contribution < 1.29 is 0 Å². The Morgan fingerprint density at radius 3 is 2.76 bits per heavy atom. The second kappa shape index (κ2) is 7.78. The Labute approximate surface area is 143 Å². The van der Waals surface area contributed by atoms with Gasteiger partial charge in [-0.1, -0.05) is 46.3 Å². The first-order chi connectivity index (χ1) is 9.83. The fourth-order valence-electron chi connectivity index (χ4n) is 2.44. The third-order valence-electron chi connectivity index (χ3n) is 3.46. The Balaban J connectivity index is 0.00000161. The maximum absolute atomic E-state index is 3.50.